The molecule has 0 spiro atoms. The molecule has 1 aromatic heterocycles. The number of hydrogen-bond donors (Lipinski definition) is 1. The van der Waals surface area contributed by atoms with Crippen molar-refractivity contribution in [2.75, 3.05) is 7.11 Å². The smallest absolute Gasteiger partial charge is 0.261 e. The number of carbonyl (C=O) groups is 1. The second-order valence-electron chi connectivity index (χ2n) is 4.67. The molecule has 0 unspecified atom stereocenters. The fourth-order valence-corrected chi connectivity index (χ4v) is 2.15. The molecule has 0 radical (unpaired) electrons. The highest BCUT2D eigenvalue weighted by atomic mass is 16.5. The van der Waals surface area contributed by atoms with Crippen molar-refractivity contribution < 1.29 is 18.8 Å². The van der Waals surface area contributed by atoms with Gasteiger partial charge in [-0.2, -0.15) is 4.98 Å². The van der Waals surface area contributed by atoms with E-state index in [1.165, 1.54) is 0 Å². The van der Waals surface area contributed by atoms with E-state index in [4.69, 9.17) is 14.0 Å². The van der Waals surface area contributed by atoms with Gasteiger partial charge in [0.15, 0.2) is 11.9 Å². The van der Waals surface area contributed by atoms with Gasteiger partial charge in [-0.1, -0.05) is 23.4 Å². The summed E-state index contributed by atoms with van der Waals surface area (Å²) in [6, 6.07) is 7.63. The van der Waals surface area contributed by atoms with E-state index in [-0.39, 0.29) is 19.1 Å². The van der Waals surface area contributed by atoms with Crippen molar-refractivity contribution in [2.45, 2.75) is 25.7 Å². The van der Waals surface area contributed by atoms with Crippen LogP contribution in [0.5, 0.6) is 5.75 Å². The molecule has 1 N–H and O–H groups in total. The van der Waals surface area contributed by atoms with Crippen LogP contribution in [-0.2, 0) is 29.1 Å². The number of rotatable bonds is 5. The van der Waals surface area contributed by atoms with E-state index in [1.807, 2.05) is 24.3 Å². The summed E-state index contributed by atoms with van der Waals surface area (Å²) in [6.07, 6.45) is 0.0598. The molecular formula is C14H15N3O4. The second-order valence-corrected chi connectivity index (χ2v) is 4.67. The first kappa shape index (κ1) is 13.6. The Morgan fingerprint density at radius 1 is 1.48 bits per heavy atom. The van der Waals surface area contributed by atoms with E-state index >= 15 is 0 Å². The van der Waals surface area contributed by atoms with Gasteiger partial charge in [-0.05, 0) is 11.6 Å². The molecule has 0 fully saturated rings. The van der Waals surface area contributed by atoms with E-state index in [1.54, 1.807) is 7.11 Å². The Kier molecular flexibility index (Phi) is 3.83. The third-order valence-corrected chi connectivity index (χ3v) is 3.14. The number of methoxy groups -OCH3 is 1. The van der Waals surface area contributed by atoms with Crippen LogP contribution in [0.15, 0.2) is 28.8 Å². The molecule has 0 bridgehead atoms. The summed E-state index contributed by atoms with van der Waals surface area (Å²) in [7, 11) is 1.55. The molecule has 1 atom stereocenters. The Morgan fingerprint density at radius 3 is 3.14 bits per heavy atom. The van der Waals surface area contributed by atoms with Crippen LogP contribution < -0.4 is 10.1 Å². The van der Waals surface area contributed by atoms with Gasteiger partial charge in [0.05, 0.1) is 6.54 Å². The Balaban J connectivity index is 1.53. The molecule has 0 saturated carbocycles. The normalized spacial score (nSPS) is 16.3. The standard InChI is InChI=1S/C14H15N3O4/c1-19-8-12-16-13(21-17-12)7-15-14(18)11-6-9-4-2-3-5-10(9)20-11/h2-5,11H,6-8H2,1H3,(H,15,18)/t11-/m1/s1. The van der Waals surface area contributed by atoms with Crippen LogP contribution >= 0.6 is 0 Å². The maximum absolute atomic E-state index is 12.1. The lowest BCUT2D eigenvalue weighted by molar-refractivity contribution is -0.127. The summed E-state index contributed by atoms with van der Waals surface area (Å²) in [6.45, 7) is 0.449. The number of ether oxygens (including phenoxy) is 2. The van der Waals surface area contributed by atoms with Crippen LogP contribution in [0, 0.1) is 0 Å². The van der Waals surface area contributed by atoms with Gasteiger partial charge in [0.2, 0.25) is 5.89 Å². The number of carbonyl (C=O) groups excluding carboxylic acids is 1. The number of amides is 1. The largest absolute Gasteiger partial charge is 0.480 e. The summed E-state index contributed by atoms with van der Waals surface area (Å²) >= 11 is 0. The van der Waals surface area contributed by atoms with Crippen LogP contribution in [0.2, 0.25) is 0 Å². The molecule has 2 heterocycles. The zero-order valence-corrected chi connectivity index (χ0v) is 11.5. The number of hydrogen-bond acceptors (Lipinski definition) is 6. The Labute approximate surface area is 121 Å². The Morgan fingerprint density at radius 2 is 2.33 bits per heavy atom. The predicted octanol–water partition coefficient (Wildman–Crippen LogP) is 0.836. The van der Waals surface area contributed by atoms with E-state index in [0.29, 0.717) is 18.1 Å². The maximum atomic E-state index is 12.1. The zero-order valence-electron chi connectivity index (χ0n) is 11.5. The van der Waals surface area contributed by atoms with Crippen molar-refractivity contribution in [1.82, 2.24) is 15.5 Å². The number of benzene rings is 1. The van der Waals surface area contributed by atoms with Gasteiger partial charge in [-0.3, -0.25) is 4.79 Å². The van der Waals surface area contributed by atoms with Crippen LogP contribution in [0.3, 0.4) is 0 Å². The molecule has 1 aliphatic heterocycles. The molecule has 7 heteroatoms. The Hall–Kier alpha value is -2.41. The highest BCUT2D eigenvalue weighted by Gasteiger charge is 2.28. The van der Waals surface area contributed by atoms with Gasteiger partial charge in [0.25, 0.3) is 5.91 Å². The summed E-state index contributed by atoms with van der Waals surface area (Å²) in [5, 5.41) is 6.45. The summed E-state index contributed by atoms with van der Waals surface area (Å²) < 4.78 is 15.5. The first-order chi connectivity index (χ1) is 10.3. The molecule has 0 saturated heterocycles. The zero-order chi connectivity index (χ0) is 14.7. The highest BCUT2D eigenvalue weighted by Crippen LogP contribution is 2.28. The summed E-state index contributed by atoms with van der Waals surface area (Å²) in [5.74, 6) is 1.35. The van der Waals surface area contributed by atoms with Gasteiger partial charge in [0.1, 0.15) is 12.4 Å². The number of fused-ring (bicyclic) bond motifs is 1. The lowest BCUT2D eigenvalue weighted by atomic mass is 10.1. The monoisotopic (exact) mass is 289 g/mol. The second kappa shape index (κ2) is 5.92. The van der Waals surface area contributed by atoms with Crippen molar-refractivity contribution in [3.05, 3.63) is 41.5 Å². The fourth-order valence-electron chi connectivity index (χ4n) is 2.15. The molecule has 2 aromatic rings. The minimum absolute atomic E-state index is 0.172. The third-order valence-electron chi connectivity index (χ3n) is 3.14. The van der Waals surface area contributed by atoms with Crippen LogP contribution in [0.25, 0.3) is 0 Å². The van der Waals surface area contributed by atoms with Crippen molar-refractivity contribution in [1.29, 1.82) is 0 Å². The molecule has 110 valence electrons. The quantitative estimate of drug-likeness (QED) is 0.877. The first-order valence-electron chi connectivity index (χ1n) is 6.59. The number of para-hydroxylation sites is 1. The third kappa shape index (κ3) is 3.03. The molecule has 1 amide bonds. The first-order valence-corrected chi connectivity index (χ1v) is 6.59. The molecule has 1 aromatic carbocycles. The molecule has 1 aliphatic rings. The minimum Gasteiger partial charge on any atom is -0.480 e. The van der Waals surface area contributed by atoms with Gasteiger partial charge in [-0.15, -0.1) is 0 Å². The molecular weight excluding hydrogens is 274 g/mol. The molecule has 21 heavy (non-hydrogen) atoms. The van der Waals surface area contributed by atoms with E-state index in [9.17, 15) is 4.79 Å². The molecule has 0 aliphatic carbocycles. The average molecular weight is 289 g/mol. The fraction of sp³-hybridized carbons (Fsp3) is 0.357. The minimum atomic E-state index is -0.510. The van der Waals surface area contributed by atoms with E-state index in [0.717, 1.165) is 11.3 Å². The number of nitrogens with one attached hydrogen (secondary N) is 1. The lowest BCUT2D eigenvalue weighted by Crippen LogP contribution is -2.37. The van der Waals surface area contributed by atoms with Gasteiger partial charge in [-0.25, -0.2) is 0 Å². The van der Waals surface area contributed by atoms with Gasteiger partial charge >= 0.3 is 0 Å². The highest BCUT2D eigenvalue weighted by molar-refractivity contribution is 5.82. The summed E-state index contributed by atoms with van der Waals surface area (Å²) in [5.41, 5.74) is 1.04. The molecule has 3 rings (SSSR count). The number of nitrogens with zero attached hydrogens (tertiary/aromatic N) is 2. The van der Waals surface area contributed by atoms with Crippen LogP contribution in [0.1, 0.15) is 17.3 Å². The average Bonchev–Trinajstić information content (AvgIpc) is 3.11. The van der Waals surface area contributed by atoms with Crippen molar-refractivity contribution in [3.63, 3.8) is 0 Å². The van der Waals surface area contributed by atoms with Gasteiger partial charge in [0, 0.05) is 13.5 Å². The van der Waals surface area contributed by atoms with Crippen molar-refractivity contribution >= 4 is 5.91 Å². The molecule has 7 nitrogen and oxygen atoms in total. The lowest BCUT2D eigenvalue weighted by Gasteiger charge is -2.09. The van der Waals surface area contributed by atoms with E-state index in [2.05, 4.69) is 15.5 Å². The van der Waals surface area contributed by atoms with Crippen molar-refractivity contribution in [3.8, 4) is 5.75 Å². The van der Waals surface area contributed by atoms with E-state index < -0.39 is 6.10 Å². The van der Waals surface area contributed by atoms with Crippen LogP contribution in [-0.4, -0.2) is 29.3 Å². The Bertz CT molecular complexity index is 616. The maximum Gasteiger partial charge on any atom is 0.261 e. The van der Waals surface area contributed by atoms with Gasteiger partial charge < -0.3 is 19.3 Å². The summed E-state index contributed by atoms with van der Waals surface area (Å²) in [4.78, 5) is 16.1. The SMILES string of the molecule is COCc1noc(CNC(=O)[C@H]2Cc3ccccc3O2)n1. The van der Waals surface area contributed by atoms with Crippen molar-refractivity contribution in [2.24, 2.45) is 0 Å². The number of aromatic nitrogens is 2. The van der Waals surface area contributed by atoms with Crippen LogP contribution in [0.4, 0.5) is 0 Å². The predicted molar refractivity (Wildman–Crippen MR) is 71.4 cm³/mol. The topological polar surface area (TPSA) is 86.5 Å².